The second-order valence-corrected chi connectivity index (χ2v) is 4.49. The lowest BCUT2D eigenvalue weighted by Crippen LogP contribution is -1.94. The lowest BCUT2D eigenvalue weighted by atomic mass is 10.1. The van der Waals surface area contributed by atoms with Crippen molar-refractivity contribution in [2.24, 2.45) is 0 Å². The molecule has 0 amide bonds. The lowest BCUT2D eigenvalue weighted by Gasteiger charge is -2.03. The van der Waals surface area contributed by atoms with Gasteiger partial charge in [0, 0.05) is 0 Å². The number of benzene rings is 1. The molecule has 0 bridgehead atoms. The van der Waals surface area contributed by atoms with Gasteiger partial charge in [0.25, 0.3) is 0 Å². The van der Waals surface area contributed by atoms with Crippen LogP contribution in [0, 0.1) is 0 Å². The third-order valence-electron chi connectivity index (χ3n) is 2.52. The predicted molar refractivity (Wildman–Crippen MR) is 74.4 cm³/mol. The summed E-state index contributed by atoms with van der Waals surface area (Å²) in [7, 11) is 0. The van der Waals surface area contributed by atoms with Gasteiger partial charge in [0.1, 0.15) is 12.4 Å². The molecule has 0 saturated heterocycles. The van der Waals surface area contributed by atoms with Gasteiger partial charge in [-0.2, -0.15) is 0 Å². The van der Waals surface area contributed by atoms with Gasteiger partial charge in [-0.05, 0) is 51.8 Å². The molecular weight excluding hydrogens is 208 g/mol. The van der Waals surface area contributed by atoms with E-state index in [9.17, 15) is 0 Å². The topological polar surface area (TPSA) is 9.23 Å². The third-order valence-corrected chi connectivity index (χ3v) is 2.52. The van der Waals surface area contributed by atoms with Crippen LogP contribution < -0.4 is 4.74 Å². The van der Waals surface area contributed by atoms with Gasteiger partial charge in [-0.25, -0.2) is 0 Å². The van der Waals surface area contributed by atoms with Crippen molar-refractivity contribution in [1.82, 2.24) is 0 Å². The predicted octanol–water partition coefficient (Wildman–Crippen LogP) is 4.76. The molecule has 0 spiro atoms. The van der Waals surface area contributed by atoms with E-state index >= 15 is 0 Å². The van der Waals surface area contributed by atoms with E-state index in [1.54, 1.807) is 0 Å². The van der Waals surface area contributed by atoms with Crippen LogP contribution in [0.15, 0.2) is 53.6 Å². The maximum atomic E-state index is 5.61. The third kappa shape index (κ3) is 6.62. The van der Waals surface area contributed by atoms with E-state index in [1.165, 1.54) is 11.1 Å². The van der Waals surface area contributed by atoms with Gasteiger partial charge >= 0.3 is 0 Å². The SMILES string of the molecule is CC(C)=CCCC(C)=CCOc1ccccc1. The van der Waals surface area contributed by atoms with E-state index in [0.29, 0.717) is 6.61 Å². The molecule has 0 saturated carbocycles. The van der Waals surface area contributed by atoms with Gasteiger partial charge in [0.2, 0.25) is 0 Å². The van der Waals surface area contributed by atoms with Gasteiger partial charge in [-0.3, -0.25) is 0 Å². The number of allylic oxidation sites excluding steroid dienone is 3. The molecule has 1 nitrogen and oxygen atoms in total. The van der Waals surface area contributed by atoms with Crippen molar-refractivity contribution in [2.45, 2.75) is 33.6 Å². The van der Waals surface area contributed by atoms with Crippen molar-refractivity contribution in [3.05, 3.63) is 53.6 Å². The molecule has 1 heteroatoms. The number of para-hydroxylation sites is 1. The van der Waals surface area contributed by atoms with Crippen molar-refractivity contribution in [3.8, 4) is 5.75 Å². The van der Waals surface area contributed by atoms with Gasteiger partial charge in [0.15, 0.2) is 0 Å². The first-order valence-corrected chi connectivity index (χ1v) is 6.15. The fourth-order valence-electron chi connectivity index (χ4n) is 1.49. The first-order chi connectivity index (χ1) is 8.18. The Morgan fingerprint density at radius 1 is 1.06 bits per heavy atom. The average molecular weight is 230 g/mol. The first-order valence-electron chi connectivity index (χ1n) is 6.15. The number of ether oxygens (including phenoxy) is 1. The van der Waals surface area contributed by atoms with E-state index in [0.717, 1.165) is 18.6 Å². The summed E-state index contributed by atoms with van der Waals surface area (Å²) in [5, 5.41) is 0. The van der Waals surface area contributed by atoms with Gasteiger partial charge < -0.3 is 4.74 Å². The molecule has 1 aromatic rings. The molecule has 0 unspecified atom stereocenters. The molecule has 1 rings (SSSR count). The molecule has 0 aliphatic heterocycles. The molecule has 0 aromatic heterocycles. The fraction of sp³-hybridized carbons (Fsp3) is 0.375. The Balaban J connectivity index is 2.26. The summed E-state index contributed by atoms with van der Waals surface area (Å²) in [4.78, 5) is 0. The smallest absolute Gasteiger partial charge is 0.119 e. The van der Waals surface area contributed by atoms with Crippen LogP contribution in [0.5, 0.6) is 5.75 Å². The van der Waals surface area contributed by atoms with Crippen molar-refractivity contribution in [1.29, 1.82) is 0 Å². The highest BCUT2D eigenvalue weighted by atomic mass is 16.5. The van der Waals surface area contributed by atoms with E-state index in [2.05, 4.69) is 32.9 Å². The van der Waals surface area contributed by atoms with E-state index < -0.39 is 0 Å². The van der Waals surface area contributed by atoms with Crippen LogP contribution in [0.2, 0.25) is 0 Å². The van der Waals surface area contributed by atoms with Crippen LogP contribution in [-0.2, 0) is 0 Å². The highest BCUT2D eigenvalue weighted by Gasteiger charge is 1.91. The molecule has 0 atom stereocenters. The van der Waals surface area contributed by atoms with Crippen molar-refractivity contribution in [3.63, 3.8) is 0 Å². The fourth-order valence-corrected chi connectivity index (χ4v) is 1.49. The highest BCUT2D eigenvalue weighted by Crippen LogP contribution is 2.10. The molecule has 1 aromatic carbocycles. The number of hydrogen-bond donors (Lipinski definition) is 0. The summed E-state index contributed by atoms with van der Waals surface area (Å²) in [6.07, 6.45) is 6.67. The minimum Gasteiger partial charge on any atom is -0.490 e. The molecule has 0 heterocycles. The van der Waals surface area contributed by atoms with Crippen molar-refractivity contribution < 1.29 is 4.74 Å². The molecule has 0 fully saturated rings. The quantitative estimate of drug-likeness (QED) is 0.640. The van der Waals surface area contributed by atoms with Gasteiger partial charge in [-0.15, -0.1) is 0 Å². The Hall–Kier alpha value is -1.50. The second-order valence-electron chi connectivity index (χ2n) is 4.49. The minimum absolute atomic E-state index is 0.657. The van der Waals surface area contributed by atoms with Crippen molar-refractivity contribution in [2.75, 3.05) is 6.61 Å². The Kier molecular flexibility index (Phi) is 6.16. The largest absolute Gasteiger partial charge is 0.490 e. The zero-order valence-electron chi connectivity index (χ0n) is 11.1. The zero-order chi connectivity index (χ0) is 12.5. The standard InChI is InChI=1S/C16H22O/c1-14(2)8-7-9-15(3)12-13-17-16-10-5-4-6-11-16/h4-6,8,10-12H,7,9,13H2,1-3H3. The Labute approximate surface area is 105 Å². The highest BCUT2D eigenvalue weighted by molar-refractivity contribution is 5.21. The molecular formula is C16H22O. The Morgan fingerprint density at radius 3 is 2.41 bits per heavy atom. The Bertz CT molecular complexity index is 370. The zero-order valence-corrected chi connectivity index (χ0v) is 11.1. The van der Waals surface area contributed by atoms with Crippen LogP contribution >= 0.6 is 0 Å². The molecule has 0 aliphatic rings. The lowest BCUT2D eigenvalue weighted by molar-refractivity contribution is 0.361. The van der Waals surface area contributed by atoms with E-state index in [1.807, 2.05) is 30.3 Å². The molecule has 0 N–H and O–H groups in total. The minimum atomic E-state index is 0.657. The summed E-state index contributed by atoms with van der Waals surface area (Å²) in [5.41, 5.74) is 2.77. The number of rotatable bonds is 6. The van der Waals surface area contributed by atoms with E-state index in [-0.39, 0.29) is 0 Å². The summed E-state index contributed by atoms with van der Waals surface area (Å²) in [6, 6.07) is 9.92. The Morgan fingerprint density at radius 2 is 1.76 bits per heavy atom. The summed E-state index contributed by atoms with van der Waals surface area (Å²) in [5.74, 6) is 0.931. The van der Waals surface area contributed by atoms with Crippen LogP contribution in [0.3, 0.4) is 0 Å². The monoisotopic (exact) mass is 230 g/mol. The van der Waals surface area contributed by atoms with Crippen molar-refractivity contribution >= 4 is 0 Å². The van der Waals surface area contributed by atoms with E-state index in [4.69, 9.17) is 4.74 Å². The molecule has 0 radical (unpaired) electrons. The van der Waals surface area contributed by atoms with Crippen LogP contribution in [0.25, 0.3) is 0 Å². The second kappa shape index (κ2) is 7.72. The maximum Gasteiger partial charge on any atom is 0.119 e. The summed E-state index contributed by atoms with van der Waals surface area (Å²) < 4.78 is 5.61. The normalized spacial score (nSPS) is 11.1. The maximum absolute atomic E-state index is 5.61. The van der Waals surface area contributed by atoms with Crippen LogP contribution in [0.4, 0.5) is 0 Å². The van der Waals surface area contributed by atoms with Gasteiger partial charge in [-0.1, -0.05) is 35.4 Å². The first kappa shape index (κ1) is 13.6. The van der Waals surface area contributed by atoms with Crippen LogP contribution in [0.1, 0.15) is 33.6 Å². The van der Waals surface area contributed by atoms with Crippen LogP contribution in [-0.4, -0.2) is 6.61 Å². The summed E-state index contributed by atoms with van der Waals surface area (Å²) in [6.45, 7) is 7.09. The molecule has 0 aliphatic carbocycles. The number of hydrogen-bond acceptors (Lipinski definition) is 1. The molecule has 17 heavy (non-hydrogen) atoms. The molecule has 92 valence electrons. The average Bonchev–Trinajstić information content (AvgIpc) is 2.30. The summed E-state index contributed by atoms with van der Waals surface area (Å²) >= 11 is 0. The van der Waals surface area contributed by atoms with Gasteiger partial charge in [0.05, 0.1) is 0 Å².